The molecular formula is C11H21NO3. The molecule has 1 aliphatic carbocycles. The van der Waals surface area contributed by atoms with Crippen LogP contribution in [-0.2, 0) is 14.2 Å². The summed E-state index contributed by atoms with van der Waals surface area (Å²) >= 11 is 0. The third kappa shape index (κ3) is 2.69. The number of ether oxygens (including phenoxy) is 3. The van der Waals surface area contributed by atoms with Crippen LogP contribution in [0.2, 0.25) is 0 Å². The predicted octanol–water partition coefficient (Wildman–Crippen LogP) is 0.687. The van der Waals surface area contributed by atoms with E-state index in [4.69, 9.17) is 19.9 Å². The Morgan fingerprint density at radius 2 is 2.27 bits per heavy atom. The minimum atomic E-state index is 0.0774. The van der Waals surface area contributed by atoms with Crippen LogP contribution in [0.1, 0.15) is 25.7 Å². The van der Waals surface area contributed by atoms with Crippen molar-refractivity contribution >= 4 is 0 Å². The molecule has 0 aromatic heterocycles. The average Bonchev–Trinajstić information content (AvgIpc) is 2.26. The fourth-order valence-corrected chi connectivity index (χ4v) is 2.28. The van der Waals surface area contributed by atoms with Gasteiger partial charge < -0.3 is 19.9 Å². The van der Waals surface area contributed by atoms with Crippen LogP contribution < -0.4 is 5.73 Å². The Labute approximate surface area is 91.1 Å². The molecule has 2 aliphatic rings. The lowest BCUT2D eigenvalue weighted by molar-refractivity contribution is -0.149. The second kappa shape index (κ2) is 5.25. The summed E-state index contributed by atoms with van der Waals surface area (Å²) in [6.45, 7) is 1.57. The van der Waals surface area contributed by atoms with Crippen LogP contribution in [-0.4, -0.2) is 44.7 Å². The second-order valence-corrected chi connectivity index (χ2v) is 4.46. The van der Waals surface area contributed by atoms with Crippen LogP contribution in [0, 0.1) is 0 Å². The largest absolute Gasteiger partial charge is 0.377 e. The van der Waals surface area contributed by atoms with Gasteiger partial charge >= 0.3 is 0 Å². The first-order chi connectivity index (χ1) is 7.31. The zero-order chi connectivity index (χ0) is 10.7. The Kier molecular flexibility index (Phi) is 3.97. The average molecular weight is 215 g/mol. The Morgan fingerprint density at radius 3 is 2.87 bits per heavy atom. The van der Waals surface area contributed by atoms with Gasteiger partial charge in [-0.15, -0.1) is 0 Å². The first-order valence-electron chi connectivity index (χ1n) is 5.83. The minimum Gasteiger partial charge on any atom is -0.377 e. The van der Waals surface area contributed by atoms with Gasteiger partial charge in [0.05, 0.1) is 24.9 Å². The van der Waals surface area contributed by atoms with Gasteiger partial charge in [0, 0.05) is 19.8 Å². The number of rotatable bonds is 4. The molecule has 0 aromatic rings. The van der Waals surface area contributed by atoms with Crippen molar-refractivity contribution in [1.82, 2.24) is 0 Å². The van der Waals surface area contributed by atoms with Crippen LogP contribution in [0.3, 0.4) is 0 Å². The van der Waals surface area contributed by atoms with E-state index in [-0.39, 0.29) is 24.4 Å². The molecule has 2 fully saturated rings. The molecule has 4 nitrogen and oxygen atoms in total. The number of methoxy groups -OCH3 is 1. The van der Waals surface area contributed by atoms with Crippen molar-refractivity contribution in [2.24, 2.45) is 5.73 Å². The van der Waals surface area contributed by atoms with Crippen molar-refractivity contribution in [2.75, 3.05) is 20.3 Å². The van der Waals surface area contributed by atoms with Gasteiger partial charge in [0.2, 0.25) is 0 Å². The van der Waals surface area contributed by atoms with Gasteiger partial charge in [-0.25, -0.2) is 0 Å². The first kappa shape index (κ1) is 11.3. The molecule has 0 amide bonds. The van der Waals surface area contributed by atoms with Crippen molar-refractivity contribution in [3.63, 3.8) is 0 Å². The monoisotopic (exact) mass is 215 g/mol. The van der Waals surface area contributed by atoms with Crippen molar-refractivity contribution in [3.8, 4) is 0 Å². The topological polar surface area (TPSA) is 53.7 Å². The maximum Gasteiger partial charge on any atom is 0.0984 e. The van der Waals surface area contributed by atoms with Crippen LogP contribution in [0.15, 0.2) is 0 Å². The molecule has 4 heteroatoms. The maximum atomic E-state index is 5.80. The Bertz CT molecular complexity index is 194. The molecule has 2 rings (SSSR count). The van der Waals surface area contributed by atoms with Gasteiger partial charge in [-0.05, 0) is 25.7 Å². The van der Waals surface area contributed by atoms with Crippen LogP contribution in [0.5, 0.6) is 0 Å². The van der Waals surface area contributed by atoms with Gasteiger partial charge in [0.15, 0.2) is 0 Å². The molecule has 1 saturated heterocycles. The highest BCUT2D eigenvalue weighted by molar-refractivity contribution is 4.95. The van der Waals surface area contributed by atoms with Crippen LogP contribution in [0.25, 0.3) is 0 Å². The zero-order valence-electron chi connectivity index (χ0n) is 9.35. The van der Waals surface area contributed by atoms with E-state index in [2.05, 4.69) is 0 Å². The molecule has 4 atom stereocenters. The minimum absolute atomic E-state index is 0.0774. The van der Waals surface area contributed by atoms with E-state index in [0.717, 1.165) is 19.4 Å². The molecule has 4 unspecified atom stereocenters. The van der Waals surface area contributed by atoms with E-state index in [9.17, 15) is 0 Å². The summed E-state index contributed by atoms with van der Waals surface area (Å²) in [6, 6.07) is 0.146. The molecule has 1 heterocycles. The van der Waals surface area contributed by atoms with Crippen LogP contribution in [0.4, 0.5) is 0 Å². The lowest BCUT2D eigenvalue weighted by atomic mass is 9.86. The third-order valence-corrected chi connectivity index (χ3v) is 3.34. The SMILES string of the molecule is COC1C(N)CC1OCC1CCCCO1. The summed E-state index contributed by atoms with van der Waals surface area (Å²) in [5, 5.41) is 0. The Morgan fingerprint density at radius 1 is 1.40 bits per heavy atom. The van der Waals surface area contributed by atoms with Gasteiger partial charge in [0.25, 0.3) is 0 Å². The van der Waals surface area contributed by atoms with Crippen molar-refractivity contribution in [1.29, 1.82) is 0 Å². The fraction of sp³-hybridized carbons (Fsp3) is 1.00. The molecule has 1 saturated carbocycles. The highest BCUT2D eigenvalue weighted by atomic mass is 16.6. The Balaban J connectivity index is 1.65. The van der Waals surface area contributed by atoms with E-state index in [0.29, 0.717) is 6.61 Å². The van der Waals surface area contributed by atoms with Gasteiger partial charge in [0.1, 0.15) is 0 Å². The summed E-state index contributed by atoms with van der Waals surface area (Å²) in [4.78, 5) is 0. The molecule has 2 N–H and O–H groups in total. The van der Waals surface area contributed by atoms with Crippen molar-refractivity contribution in [3.05, 3.63) is 0 Å². The van der Waals surface area contributed by atoms with Crippen LogP contribution >= 0.6 is 0 Å². The number of nitrogens with two attached hydrogens (primary N) is 1. The predicted molar refractivity (Wildman–Crippen MR) is 56.7 cm³/mol. The lowest BCUT2D eigenvalue weighted by Crippen LogP contribution is -2.58. The molecule has 0 radical (unpaired) electrons. The molecule has 0 spiro atoms. The second-order valence-electron chi connectivity index (χ2n) is 4.46. The lowest BCUT2D eigenvalue weighted by Gasteiger charge is -2.41. The summed E-state index contributed by atoms with van der Waals surface area (Å²) in [6.07, 6.45) is 5.01. The number of hydrogen-bond acceptors (Lipinski definition) is 4. The van der Waals surface area contributed by atoms with Gasteiger partial charge in [-0.1, -0.05) is 0 Å². The molecule has 1 aliphatic heterocycles. The van der Waals surface area contributed by atoms with E-state index in [1.54, 1.807) is 7.11 Å². The standard InChI is InChI=1S/C11H21NO3/c1-13-11-9(12)6-10(11)15-7-8-4-2-3-5-14-8/h8-11H,2-7,12H2,1H3. The van der Waals surface area contributed by atoms with Crippen molar-refractivity contribution < 1.29 is 14.2 Å². The molecule has 0 bridgehead atoms. The molecule has 0 aromatic carbocycles. The van der Waals surface area contributed by atoms with Gasteiger partial charge in [-0.2, -0.15) is 0 Å². The summed E-state index contributed by atoms with van der Waals surface area (Å²) in [5.74, 6) is 0. The van der Waals surface area contributed by atoms with E-state index < -0.39 is 0 Å². The highest BCUT2D eigenvalue weighted by Crippen LogP contribution is 2.26. The zero-order valence-corrected chi connectivity index (χ0v) is 9.35. The molecule has 15 heavy (non-hydrogen) atoms. The number of hydrogen-bond donors (Lipinski definition) is 1. The first-order valence-corrected chi connectivity index (χ1v) is 5.83. The molecule has 88 valence electrons. The summed E-state index contributed by atoms with van der Waals surface area (Å²) in [5.41, 5.74) is 5.80. The van der Waals surface area contributed by atoms with Crippen molar-refractivity contribution in [2.45, 2.75) is 50.0 Å². The van der Waals surface area contributed by atoms with E-state index in [1.165, 1.54) is 12.8 Å². The highest BCUT2D eigenvalue weighted by Gasteiger charge is 2.40. The van der Waals surface area contributed by atoms with Gasteiger partial charge in [-0.3, -0.25) is 0 Å². The maximum absolute atomic E-state index is 5.80. The fourth-order valence-electron chi connectivity index (χ4n) is 2.28. The third-order valence-electron chi connectivity index (χ3n) is 3.34. The summed E-state index contributed by atoms with van der Waals surface area (Å²) in [7, 11) is 1.69. The molecular weight excluding hydrogens is 194 g/mol. The Hall–Kier alpha value is -0.160. The quantitative estimate of drug-likeness (QED) is 0.749. The summed E-state index contributed by atoms with van der Waals surface area (Å²) < 4.78 is 16.6. The smallest absolute Gasteiger partial charge is 0.0984 e. The van der Waals surface area contributed by atoms with E-state index in [1.807, 2.05) is 0 Å². The van der Waals surface area contributed by atoms with E-state index >= 15 is 0 Å². The normalized spacial score (nSPS) is 41.2.